The number of piperidine rings is 1. The van der Waals surface area contributed by atoms with Crippen LogP contribution < -0.4 is 15.4 Å². The van der Waals surface area contributed by atoms with Crippen molar-refractivity contribution in [1.82, 2.24) is 15.0 Å². The number of anilines is 1. The Labute approximate surface area is 157 Å². The number of pyridine rings is 1. The van der Waals surface area contributed by atoms with Crippen molar-refractivity contribution in [1.29, 1.82) is 0 Å². The molecule has 4 heterocycles. The topological polar surface area (TPSA) is 89.5 Å². The molecule has 1 fully saturated rings. The van der Waals surface area contributed by atoms with Crippen LogP contribution in [0.1, 0.15) is 36.8 Å². The Kier molecular flexibility index (Phi) is 4.28. The van der Waals surface area contributed by atoms with Gasteiger partial charge in [0, 0.05) is 24.8 Å². The molecule has 0 unspecified atom stereocenters. The first-order valence-electron chi connectivity index (χ1n) is 8.66. The number of rotatable bonds is 2. The van der Waals surface area contributed by atoms with Crippen LogP contribution in [0.3, 0.4) is 0 Å². The van der Waals surface area contributed by atoms with E-state index in [-0.39, 0.29) is 5.54 Å². The van der Waals surface area contributed by atoms with Crippen LogP contribution in [0.4, 0.5) is 5.82 Å². The van der Waals surface area contributed by atoms with Crippen molar-refractivity contribution in [3.05, 3.63) is 40.6 Å². The molecule has 2 N–H and O–H groups in total. The zero-order valence-electron chi connectivity index (χ0n) is 14.9. The molecule has 7 nitrogen and oxygen atoms in total. The molecule has 0 aromatic carbocycles. The first kappa shape index (κ1) is 17.2. The predicted molar refractivity (Wildman–Crippen MR) is 101 cm³/mol. The highest BCUT2D eigenvalue weighted by atomic mass is 35.5. The van der Waals surface area contributed by atoms with Crippen LogP contribution in [0.2, 0.25) is 5.02 Å². The predicted octanol–water partition coefficient (Wildman–Crippen LogP) is 2.49. The van der Waals surface area contributed by atoms with Crippen molar-refractivity contribution in [2.45, 2.75) is 38.8 Å². The smallest absolute Gasteiger partial charge is 0.243 e. The van der Waals surface area contributed by atoms with Crippen LogP contribution in [0.25, 0.3) is 0 Å². The highest BCUT2D eigenvalue weighted by Crippen LogP contribution is 2.29. The number of hydrogen-bond donors (Lipinski definition) is 1. The van der Waals surface area contributed by atoms with Crippen LogP contribution in [0, 0.1) is 6.92 Å². The summed E-state index contributed by atoms with van der Waals surface area (Å²) in [6.07, 6.45) is 5.30. The van der Waals surface area contributed by atoms with Crippen molar-refractivity contribution in [2.24, 2.45) is 10.7 Å². The number of ether oxygens (including phenoxy) is 1. The first-order valence-corrected chi connectivity index (χ1v) is 9.04. The summed E-state index contributed by atoms with van der Waals surface area (Å²) in [5.41, 5.74) is 8.30. The molecule has 0 saturated carbocycles. The molecule has 0 amide bonds. The molecule has 8 heteroatoms. The Bertz CT molecular complexity index is 852. The van der Waals surface area contributed by atoms with Gasteiger partial charge >= 0.3 is 0 Å². The van der Waals surface area contributed by atoms with E-state index in [1.54, 1.807) is 18.5 Å². The summed E-state index contributed by atoms with van der Waals surface area (Å²) in [4.78, 5) is 20.2. The summed E-state index contributed by atoms with van der Waals surface area (Å²) in [5, 5.41) is 0.497. The summed E-state index contributed by atoms with van der Waals surface area (Å²) in [7, 11) is 0. The van der Waals surface area contributed by atoms with Gasteiger partial charge in [-0.2, -0.15) is 0 Å². The summed E-state index contributed by atoms with van der Waals surface area (Å²) < 4.78 is 5.90. The molecule has 26 heavy (non-hydrogen) atoms. The van der Waals surface area contributed by atoms with E-state index < -0.39 is 0 Å². The molecule has 0 atom stereocenters. The van der Waals surface area contributed by atoms with Gasteiger partial charge in [0.2, 0.25) is 5.90 Å². The molecule has 136 valence electrons. The first-order chi connectivity index (χ1) is 12.4. The third-order valence-corrected chi connectivity index (χ3v) is 5.17. The van der Waals surface area contributed by atoms with Gasteiger partial charge in [0.15, 0.2) is 5.75 Å². The largest absolute Gasteiger partial charge is 0.434 e. The van der Waals surface area contributed by atoms with Crippen LogP contribution in [0.15, 0.2) is 23.5 Å². The van der Waals surface area contributed by atoms with Crippen LogP contribution in [-0.2, 0) is 6.54 Å². The zero-order chi connectivity index (χ0) is 18.3. The van der Waals surface area contributed by atoms with E-state index in [1.165, 1.54) is 0 Å². The number of aromatic nitrogens is 3. The maximum absolute atomic E-state index is 6.21. The Hall–Kier alpha value is -2.25. The quantitative estimate of drug-likeness (QED) is 0.871. The minimum Gasteiger partial charge on any atom is -0.434 e. The lowest BCUT2D eigenvalue weighted by molar-refractivity contribution is 0.363. The molecule has 0 bridgehead atoms. The Morgan fingerprint density at radius 3 is 2.77 bits per heavy atom. The van der Waals surface area contributed by atoms with Crippen molar-refractivity contribution < 1.29 is 4.74 Å². The van der Waals surface area contributed by atoms with Gasteiger partial charge in [0.1, 0.15) is 11.5 Å². The molecule has 2 aliphatic rings. The molecule has 0 aliphatic carbocycles. The van der Waals surface area contributed by atoms with Crippen molar-refractivity contribution in [3.8, 4) is 5.75 Å². The monoisotopic (exact) mass is 372 g/mol. The maximum Gasteiger partial charge on any atom is 0.243 e. The minimum absolute atomic E-state index is 0.0916. The van der Waals surface area contributed by atoms with Crippen molar-refractivity contribution in [2.75, 3.05) is 18.0 Å². The van der Waals surface area contributed by atoms with Gasteiger partial charge < -0.3 is 15.4 Å². The van der Waals surface area contributed by atoms with Crippen LogP contribution in [-0.4, -0.2) is 39.5 Å². The third kappa shape index (κ3) is 3.24. The Balaban J connectivity index is 1.53. The molecule has 2 aromatic heterocycles. The van der Waals surface area contributed by atoms with Gasteiger partial charge in [-0.3, -0.25) is 4.98 Å². The second kappa shape index (κ2) is 6.48. The standard InChI is InChI=1S/C18H21ClN6O/c1-11-16(12(19)3-6-21-11)26-17-15-13(9-23-17)24-14(10-22-15)25-7-4-18(2,20)5-8-25/h3,6,10H,4-5,7-9,20H2,1-2H3. The van der Waals surface area contributed by atoms with Gasteiger partial charge in [-0.25, -0.2) is 15.0 Å². The fourth-order valence-corrected chi connectivity index (χ4v) is 3.38. The van der Waals surface area contributed by atoms with E-state index in [9.17, 15) is 0 Å². The van der Waals surface area contributed by atoms with E-state index in [2.05, 4.69) is 26.8 Å². The lowest BCUT2D eigenvalue weighted by Gasteiger charge is -2.37. The number of fused-ring (bicyclic) bond motifs is 1. The lowest BCUT2D eigenvalue weighted by atomic mass is 9.91. The Morgan fingerprint density at radius 1 is 1.27 bits per heavy atom. The van der Waals surface area contributed by atoms with E-state index in [0.29, 0.717) is 34.6 Å². The number of nitrogens with zero attached hydrogens (tertiary/aromatic N) is 5. The maximum atomic E-state index is 6.21. The SMILES string of the molecule is Cc1nccc(Cl)c1OC1=NCc2nc(N3CCC(C)(N)CC3)cnc21. The third-order valence-electron chi connectivity index (χ3n) is 4.87. The van der Waals surface area contributed by atoms with Gasteiger partial charge in [-0.15, -0.1) is 0 Å². The summed E-state index contributed by atoms with van der Waals surface area (Å²) in [6.45, 7) is 6.16. The van der Waals surface area contributed by atoms with Crippen molar-refractivity contribution >= 4 is 23.3 Å². The van der Waals surface area contributed by atoms with Gasteiger partial charge in [-0.1, -0.05) is 11.6 Å². The molecular weight excluding hydrogens is 352 g/mol. The molecular formula is C18H21ClN6O. The molecule has 2 aliphatic heterocycles. The van der Waals surface area contributed by atoms with Crippen LogP contribution in [0.5, 0.6) is 5.75 Å². The lowest BCUT2D eigenvalue weighted by Crippen LogP contribution is -2.48. The average molecular weight is 373 g/mol. The fourth-order valence-electron chi connectivity index (χ4n) is 3.15. The van der Waals surface area contributed by atoms with E-state index in [0.717, 1.165) is 37.4 Å². The number of aryl methyl sites for hydroxylation is 1. The van der Waals surface area contributed by atoms with Gasteiger partial charge in [0.05, 0.1) is 29.2 Å². The average Bonchev–Trinajstić information content (AvgIpc) is 3.00. The molecule has 0 spiro atoms. The Morgan fingerprint density at radius 2 is 2.04 bits per heavy atom. The van der Waals surface area contributed by atoms with Crippen LogP contribution >= 0.6 is 11.6 Å². The number of aliphatic imine (C=N–C) groups is 1. The molecule has 1 saturated heterocycles. The minimum atomic E-state index is -0.0916. The molecule has 2 aromatic rings. The highest BCUT2D eigenvalue weighted by molar-refractivity contribution is 6.32. The summed E-state index contributed by atoms with van der Waals surface area (Å²) in [5.74, 6) is 1.81. The van der Waals surface area contributed by atoms with E-state index in [1.807, 2.05) is 6.92 Å². The summed E-state index contributed by atoms with van der Waals surface area (Å²) >= 11 is 6.21. The fraction of sp³-hybridized carbons (Fsp3) is 0.444. The van der Waals surface area contributed by atoms with E-state index >= 15 is 0 Å². The molecule has 0 radical (unpaired) electrons. The second-order valence-corrected chi connectivity index (χ2v) is 7.50. The van der Waals surface area contributed by atoms with Gasteiger partial charge in [0.25, 0.3) is 0 Å². The van der Waals surface area contributed by atoms with E-state index in [4.69, 9.17) is 27.1 Å². The highest BCUT2D eigenvalue weighted by Gasteiger charge is 2.28. The number of nitrogens with two attached hydrogens (primary N) is 1. The van der Waals surface area contributed by atoms with Gasteiger partial charge in [-0.05, 0) is 32.8 Å². The number of hydrogen-bond acceptors (Lipinski definition) is 7. The normalized spacial score (nSPS) is 18.5. The zero-order valence-corrected chi connectivity index (χ0v) is 15.6. The van der Waals surface area contributed by atoms with Crippen molar-refractivity contribution in [3.63, 3.8) is 0 Å². The second-order valence-electron chi connectivity index (χ2n) is 7.10. The number of halogens is 1. The molecule has 4 rings (SSSR count). The summed E-state index contributed by atoms with van der Waals surface area (Å²) in [6, 6.07) is 1.69.